The average Bonchev–Trinajstić information content (AvgIpc) is 2.65. The number of hydrogen-bond acceptors (Lipinski definition) is 4. The molecule has 156 valence electrons. The summed E-state index contributed by atoms with van der Waals surface area (Å²) in [6.07, 6.45) is 7.83. The molecule has 0 atom stereocenters. The van der Waals surface area contributed by atoms with Crippen LogP contribution in [-0.4, -0.2) is 36.3 Å². The van der Waals surface area contributed by atoms with Crippen LogP contribution < -0.4 is 21.3 Å². The highest BCUT2D eigenvalue weighted by molar-refractivity contribution is 5.97. The molecular formula is C22H30N4O3. The van der Waals surface area contributed by atoms with Gasteiger partial charge in [0.05, 0.1) is 24.5 Å². The molecule has 7 nitrogen and oxygen atoms in total. The van der Waals surface area contributed by atoms with Gasteiger partial charge in [-0.05, 0) is 68.4 Å². The van der Waals surface area contributed by atoms with Crippen molar-refractivity contribution in [3.05, 3.63) is 24.3 Å². The summed E-state index contributed by atoms with van der Waals surface area (Å²) in [6.45, 7) is 1.07. The molecular weight excluding hydrogens is 368 g/mol. The van der Waals surface area contributed by atoms with Gasteiger partial charge in [-0.3, -0.25) is 14.4 Å². The summed E-state index contributed by atoms with van der Waals surface area (Å²) in [5, 5.41) is 11.6. The third kappa shape index (κ3) is 4.71. The van der Waals surface area contributed by atoms with Crippen LogP contribution in [0, 0.1) is 17.8 Å². The van der Waals surface area contributed by atoms with E-state index in [0.29, 0.717) is 0 Å². The van der Waals surface area contributed by atoms with Crippen LogP contribution in [0.5, 0.6) is 0 Å². The smallest absolute Gasteiger partial charge is 0.243 e. The second-order valence-electron chi connectivity index (χ2n) is 9.10. The minimum absolute atomic E-state index is 0.132. The fraction of sp³-hybridized carbons (Fsp3) is 0.591. The highest BCUT2D eigenvalue weighted by Gasteiger charge is 2.51. The van der Waals surface area contributed by atoms with Crippen LogP contribution >= 0.6 is 0 Å². The predicted octanol–water partition coefficient (Wildman–Crippen LogP) is 2.26. The van der Waals surface area contributed by atoms with Crippen molar-refractivity contribution < 1.29 is 14.4 Å². The Morgan fingerprint density at radius 2 is 1.41 bits per heavy atom. The van der Waals surface area contributed by atoms with Crippen LogP contribution in [0.25, 0.3) is 0 Å². The van der Waals surface area contributed by atoms with E-state index in [4.69, 9.17) is 0 Å². The molecule has 5 rings (SSSR count). The highest BCUT2D eigenvalue weighted by Crippen LogP contribution is 2.56. The molecule has 0 unspecified atom stereocenters. The maximum atomic E-state index is 12.3. The van der Waals surface area contributed by atoms with Crippen molar-refractivity contribution in [1.82, 2.24) is 10.6 Å². The quantitative estimate of drug-likeness (QED) is 0.566. The summed E-state index contributed by atoms with van der Waals surface area (Å²) in [7, 11) is 0. The molecule has 0 spiro atoms. The van der Waals surface area contributed by atoms with Gasteiger partial charge in [0.2, 0.25) is 17.7 Å². The first-order valence-electron chi connectivity index (χ1n) is 10.6. The van der Waals surface area contributed by atoms with Crippen LogP contribution in [0.3, 0.4) is 0 Å². The molecule has 4 N–H and O–H groups in total. The van der Waals surface area contributed by atoms with E-state index < -0.39 is 5.91 Å². The zero-order valence-electron chi connectivity index (χ0n) is 16.9. The van der Waals surface area contributed by atoms with Gasteiger partial charge in [-0.2, -0.15) is 0 Å². The first-order valence-corrected chi connectivity index (χ1v) is 10.6. The number of amides is 3. The normalized spacial score (nSPS) is 29.2. The monoisotopic (exact) mass is 398 g/mol. The molecule has 1 aromatic rings. The lowest BCUT2D eigenvalue weighted by molar-refractivity contribution is -0.126. The molecule has 4 saturated carbocycles. The third-order valence-electron chi connectivity index (χ3n) is 6.58. The minimum Gasteiger partial charge on any atom is -0.378 e. The molecule has 0 radical (unpaired) electrons. The number of para-hydroxylation sites is 2. The number of carbonyl (C=O) groups is 3. The number of hydrogen-bond donors (Lipinski definition) is 4. The summed E-state index contributed by atoms with van der Waals surface area (Å²) >= 11 is 0. The van der Waals surface area contributed by atoms with Crippen molar-refractivity contribution in [3.8, 4) is 0 Å². The van der Waals surface area contributed by atoms with E-state index in [2.05, 4.69) is 21.3 Å². The summed E-state index contributed by atoms with van der Waals surface area (Å²) in [4.78, 5) is 34.8. The summed E-state index contributed by atoms with van der Waals surface area (Å²) in [5.41, 5.74) is 1.85. The van der Waals surface area contributed by atoms with Crippen LogP contribution in [0.2, 0.25) is 0 Å². The standard InChI is InChI=1S/C22H30N4O3/c1-14(27)23-12-20(28)24-13-21(29)25-18-4-2-3-5-19(18)26-22-9-15-6-16(10-22)8-17(7-15)11-22/h2-5,15-17,26H,6-13H2,1H3,(H,23,27)(H,24,28)(H,25,29). The lowest BCUT2D eigenvalue weighted by Crippen LogP contribution is -2.54. The van der Waals surface area contributed by atoms with Gasteiger partial charge in [0, 0.05) is 12.5 Å². The predicted molar refractivity (Wildman–Crippen MR) is 111 cm³/mol. The Balaban J connectivity index is 1.36. The Hall–Kier alpha value is -2.57. The second-order valence-corrected chi connectivity index (χ2v) is 9.10. The van der Waals surface area contributed by atoms with Crippen LogP contribution in [-0.2, 0) is 14.4 Å². The highest BCUT2D eigenvalue weighted by atomic mass is 16.2. The second kappa shape index (κ2) is 8.05. The summed E-state index contributed by atoms with van der Waals surface area (Å²) in [6, 6.07) is 7.78. The van der Waals surface area contributed by atoms with E-state index in [1.165, 1.54) is 45.4 Å². The van der Waals surface area contributed by atoms with Crippen LogP contribution in [0.4, 0.5) is 11.4 Å². The largest absolute Gasteiger partial charge is 0.378 e. The average molecular weight is 399 g/mol. The van der Waals surface area contributed by atoms with Gasteiger partial charge < -0.3 is 21.3 Å². The molecule has 4 fully saturated rings. The zero-order valence-corrected chi connectivity index (χ0v) is 16.9. The van der Waals surface area contributed by atoms with Gasteiger partial charge in [-0.15, -0.1) is 0 Å². The van der Waals surface area contributed by atoms with Crippen molar-refractivity contribution >= 4 is 29.1 Å². The molecule has 1 aromatic carbocycles. The summed E-state index contributed by atoms with van der Waals surface area (Å²) < 4.78 is 0. The first kappa shape index (κ1) is 19.7. The topological polar surface area (TPSA) is 99.3 Å². The number of carbonyl (C=O) groups excluding carboxylic acids is 3. The van der Waals surface area contributed by atoms with Gasteiger partial charge in [0.25, 0.3) is 0 Å². The van der Waals surface area contributed by atoms with Gasteiger partial charge >= 0.3 is 0 Å². The Kier molecular flexibility index (Phi) is 5.48. The Morgan fingerprint density at radius 1 is 0.862 bits per heavy atom. The fourth-order valence-electron chi connectivity index (χ4n) is 5.89. The molecule has 7 heteroatoms. The number of anilines is 2. The molecule has 4 aliphatic carbocycles. The maximum absolute atomic E-state index is 12.3. The molecule has 0 aliphatic heterocycles. The minimum atomic E-state index is -0.393. The van der Waals surface area contributed by atoms with E-state index in [-0.39, 0.29) is 30.4 Å². The van der Waals surface area contributed by atoms with Crippen LogP contribution in [0.15, 0.2) is 24.3 Å². The van der Waals surface area contributed by atoms with E-state index in [9.17, 15) is 14.4 Å². The Morgan fingerprint density at radius 3 is 2.00 bits per heavy atom. The van der Waals surface area contributed by atoms with Gasteiger partial charge in [0.15, 0.2) is 0 Å². The first-order chi connectivity index (χ1) is 13.9. The number of nitrogens with one attached hydrogen (secondary N) is 4. The van der Waals surface area contributed by atoms with Crippen molar-refractivity contribution in [1.29, 1.82) is 0 Å². The third-order valence-corrected chi connectivity index (χ3v) is 6.58. The SMILES string of the molecule is CC(=O)NCC(=O)NCC(=O)Nc1ccccc1NC12CC3CC(CC(C3)C1)C2. The van der Waals surface area contributed by atoms with Crippen LogP contribution in [0.1, 0.15) is 45.4 Å². The van der Waals surface area contributed by atoms with Crippen molar-refractivity contribution in [2.24, 2.45) is 17.8 Å². The Labute approximate surface area is 171 Å². The van der Waals surface area contributed by atoms with E-state index in [0.717, 1.165) is 29.1 Å². The molecule has 4 bridgehead atoms. The van der Waals surface area contributed by atoms with Crippen molar-refractivity contribution in [2.45, 2.75) is 51.0 Å². The molecule has 3 amide bonds. The fourth-order valence-corrected chi connectivity index (χ4v) is 5.89. The van der Waals surface area contributed by atoms with E-state index >= 15 is 0 Å². The number of rotatable bonds is 7. The van der Waals surface area contributed by atoms with E-state index in [1.54, 1.807) is 0 Å². The lowest BCUT2D eigenvalue weighted by atomic mass is 9.53. The molecule has 4 aliphatic rings. The molecule has 0 saturated heterocycles. The molecule has 29 heavy (non-hydrogen) atoms. The van der Waals surface area contributed by atoms with Gasteiger partial charge in [-0.25, -0.2) is 0 Å². The Bertz CT molecular complexity index is 772. The van der Waals surface area contributed by atoms with Crippen molar-refractivity contribution in [2.75, 3.05) is 23.7 Å². The van der Waals surface area contributed by atoms with Crippen molar-refractivity contribution in [3.63, 3.8) is 0 Å². The van der Waals surface area contributed by atoms with Gasteiger partial charge in [-0.1, -0.05) is 12.1 Å². The zero-order chi connectivity index (χ0) is 20.4. The number of benzene rings is 1. The van der Waals surface area contributed by atoms with Gasteiger partial charge in [0.1, 0.15) is 0 Å². The molecule has 0 aromatic heterocycles. The summed E-state index contributed by atoms with van der Waals surface area (Å²) in [5.74, 6) is 1.56. The lowest BCUT2D eigenvalue weighted by Gasteiger charge is -2.57. The maximum Gasteiger partial charge on any atom is 0.243 e. The molecule has 0 heterocycles. The van der Waals surface area contributed by atoms with E-state index in [1.807, 2.05) is 24.3 Å².